The molecule has 0 fully saturated rings. The molecule has 2 unspecified atom stereocenters. The summed E-state index contributed by atoms with van der Waals surface area (Å²) in [5, 5.41) is 2.35. The molecule has 21 heavy (non-hydrogen) atoms. The standard InChI is InChI=1S/C14H16O2P2S3/c1-15-11-3-7-13(8-4-11)17-21-18(19,20)14-9-5-12(16-2)6-10-14/h3-10,17H,1-2H3,(H,19,20). The van der Waals surface area contributed by atoms with E-state index in [0.717, 1.165) is 16.8 Å². The highest BCUT2D eigenvalue weighted by Crippen LogP contribution is 2.68. The fraction of sp³-hybridized carbons (Fsp3) is 0.143. The summed E-state index contributed by atoms with van der Waals surface area (Å²) < 4.78 is 8.44. The Kier molecular flexibility index (Phi) is 6.46. The zero-order valence-corrected chi connectivity index (χ0v) is 16.1. The molecule has 2 aromatic carbocycles. The number of thiol groups is 1. The molecule has 2 atom stereocenters. The molecule has 0 aliphatic carbocycles. The van der Waals surface area contributed by atoms with Gasteiger partial charge in [-0.15, -0.1) is 12.2 Å². The first kappa shape index (κ1) is 17.2. The summed E-state index contributed by atoms with van der Waals surface area (Å²) in [6.45, 7) is 0. The second kappa shape index (κ2) is 7.89. The molecule has 0 heterocycles. The molecule has 0 saturated heterocycles. The van der Waals surface area contributed by atoms with E-state index in [1.165, 1.54) is 5.30 Å². The zero-order chi connectivity index (χ0) is 15.3. The van der Waals surface area contributed by atoms with Crippen LogP contribution in [-0.4, -0.2) is 14.2 Å². The van der Waals surface area contributed by atoms with Gasteiger partial charge in [-0.2, -0.15) is 0 Å². The lowest BCUT2D eigenvalue weighted by atomic mass is 10.3. The molecule has 0 aliphatic rings. The summed E-state index contributed by atoms with van der Waals surface area (Å²) >= 11 is 12.2. The Balaban J connectivity index is 2.03. The molecule has 0 saturated carbocycles. The molecule has 2 aromatic rings. The molecule has 0 radical (unpaired) electrons. The summed E-state index contributed by atoms with van der Waals surface area (Å²) in [4.78, 5) is 0. The number of hydrogen-bond acceptors (Lipinski definition) is 4. The third-order valence-corrected chi connectivity index (χ3v) is 15.6. The lowest BCUT2D eigenvalue weighted by molar-refractivity contribution is 0.415. The van der Waals surface area contributed by atoms with Crippen LogP contribution in [0.2, 0.25) is 0 Å². The van der Waals surface area contributed by atoms with Crippen LogP contribution >= 0.6 is 35.5 Å². The van der Waals surface area contributed by atoms with Gasteiger partial charge >= 0.3 is 0 Å². The Morgan fingerprint density at radius 2 is 1.43 bits per heavy atom. The van der Waals surface area contributed by atoms with E-state index in [1.807, 2.05) is 36.4 Å². The van der Waals surface area contributed by atoms with Gasteiger partial charge in [0.15, 0.2) is 0 Å². The number of benzene rings is 2. The smallest absolute Gasteiger partial charge is 0.118 e. The summed E-state index contributed by atoms with van der Waals surface area (Å²) in [7, 11) is 3.90. The molecular formula is C14H16O2P2S3. The quantitative estimate of drug-likeness (QED) is 0.603. The summed E-state index contributed by atoms with van der Waals surface area (Å²) in [6.07, 6.45) is 0. The Hall–Kier alpha value is -0.180. The minimum absolute atomic E-state index is 0.575. The van der Waals surface area contributed by atoms with E-state index in [2.05, 4.69) is 12.1 Å². The number of rotatable bonds is 6. The molecule has 2 rings (SSSR count). The summed E-state index contributed by atoms with van der Waals surface area (Å²) in [5.41, 5.74) is 0. The second-order valence-electron chi connectivity index (χ2n) is 4.14. The highest BCUT2D eigenvalue weighted by molar-refractivity contribution is 9.09. The maximum absolute atomic E-state index is 5.72. The Morgan fingerprint density at radius 3 is 1.90 bits per heavy atom. The second-order valence-corrected chi connectivity index (χ2v) is 16.9. The van der Waals surface area contributed by atoms with Crippen LogP contribution in [0.3, 0.4) is 0 Å². The lowest BCUT2D eigenvalue weighted by Crippen LogP contribution is -1.98. The maximum Gasteiger partial charge on any atom is 0.118 e. The van der Waals surface area contributed by atoms with Gasteiger partial charge in [-0.05, 0) is 49.5 Å². The molecule has 0 aromatic heterocycles. The Bertz CT molecular complexity index is 630. The first-order valence-corrected chi connectivity index (χ1v) is 13.2. The maximum atomic E-state index is 5.72. The van der Waals surface area contributed by atoms with Gasteiger partial charge in [0.25, 0.3) is 0 Å². The van der Waals surface area contributed by atoms with E-state index in [-0.39, 0.29) is 0 Å². The monoisotopic (exact) mass is 374 g/mol. The predicted octanol–water partition coefficient (Wildman–Crippen LogP) is 4.22. The van der Waals surface area contributed by atoms with Crippen molar-refractivity contribution in [2.24, 2.45) is 0 Å². The van der Waals surface area contributed by atoms with Crippen molar-refractivity contribution in [3.8, 4) is 11.5 Å². The van der Waals surface area contributed by atoms with Gasteiger partial charge in [-0.25, -0.2) is 0 Å². The molecule has 0 N–H and O–H groups in total. The van der Waals surface area contributed by atoms with Gasteiger partial charge in [0.05, 0.1) is 18.7 Å². The van der Waals surface area contributed by atoms with E-state index in [4.69, 9.17) is 33.5 Å². The Labute approximate surface area is 141 Å². The van der Waals surface area contributed by atoms with Crippen LogP contribution in [0, 0.1) is 0 Å². The van der Waals surface area contributed by atoms with Crippen LogP contribution < -0.4 is 20.1 Å². The van der Waals surface area contributed by atoms with Crippen LogP contribution in [0.1, 0.15) is 0 Å². The van der Waals surface area contributed by atoms with Gasteiger partial charge in [-0.1, -0.05) is 34.9 Å². The van der Waals surface area contributed by atoms with Crippen molar-refractivity contribution < 1.29 is 9.47 Å². The van der Waals surface area contributed by atoms with Crippen LogP contribution in [0.15, 0.2) is 48.5 Å². The third kappa shape index (κ3) is 4.91. The molecule has 2 nitrogen and oxygen atoms in total. The molecule has 0 bridgehead atoms. The molecule has 0 spiro atoms. The van der Waals surface area contributed by atoms with Gasteiger partial charge in [-0.3, -0.25) is 0 Å². The van der Waals surface area contributed by atoms with Crippen molar-refractivity contribution in [1.82, 2.24) is 0 Å². The minimum Gasteiger partial charge on any atom is -0.497 e. The zero-order valence-electron chi connectivity index (χ0n) is 11.6. The largest absolute Gasteiger partial charge is 0.497 e. The van der Waals surface area contributed by atoms with Crippen molar-refractivity contribution >= 4 is 57.9 Å². The number of hydrogen-bond donors (Lipinski definition) is 1. The average Bonchev–Trinajstić information content (AvgIpc) is 2.53. The lowest BCUT2D eigenvalue weighted by Gasteiger charge is -2.16. The third-order valence-electron chi connectivity index (χ3n) is 2.78. The van der Waals surface area contributed by atoms with Crippen molar-refractivity contribution in [2.45, 2.75) is 0 Å². The summed E-state index contributed by atoms with van der Waals surface area (Å²) in [6, 6.07) is 16.0. The van der Waals surface area contributed by atoms with E-state index < -0.39 is 4.44 Å². The van der Waals surface area contributed by atoms with Gasteiger partial charge in [0.1, 0.15) is 11.5 Å². The van der Waals surface area contributed by atoms with Crippen LogP contribution in [0.25, 0.3) is 0 Å². The molecule has 0 aliphatic heterocycles. The van der Waals surface area contributed by atoms with Crippen LogP contribution in [0.5, 0.6) is 11.5 Å². The van der Waals surface area contributed by atoms with E-state index in [9.17, 15) is 0 Å². The molecule has 0 amide bonds. The normalized spacial score (nSPS) is 14.0. The fourth-order valence-corrected chi connectivity index (χ4v) is 10.4. The first-order valence-electron chi connectivity index (χ1n) is 6.11. The van der Waals surface area contributed by atoms with Gasteiger partial charge in [0.2, 0.25) is 0 Å². The molecular weight excluding hydrogens is 358 g/mol. The highest BCUT2D eigenvalue weighted by Gasteiger charge is 2.15. The fourth-order valence-electron chi connectivity index (χ4n) is 1.60. The Morgan fingerprint density at radius 1 is 0.952 bits per heavy atom. The predicted molar refractivity (Wildman–Crippen MR) is 104 cm³/mol. The first-order chi connectivity index (χ1) is 10.0. The average molecular weight is 374 g/mol. The van der Waals surface area contributed by atoms with E-state index in [0.29, 0.717) is 7.78 Å². The topological polar surface area (TPSA) is 18.5 Å². The number of ether oxygens (including phenoxy) is 2. The van der Waals surface area contributed by atoms with Crippen molar-refractivity contribution in [2.75, 3.05) is 14.2 Å². The van der Waals surface area contributed by atoms with Crippen LogP contribution in [-0.2, 0) is 11.8 Å². The summed E-state index contributed by atoms with van der Waals surface area (Å²) in [5.74, 6) is 1.71. The van der Waals surface area contributed by atoms with E-state index >= 15 is 0 Å². The minimum atomic E-state index is -1.89. The van der Waals surface area contributed by atoms with Gasteiger partial charge in [0, 0.05) is 5.30 Å². The van der Waals surface area contributed by atoms with E-state index in [1.54, 1.807) is 25.2 Å². The van der Waals surface area contributed by atoms with Crippen molar-refractivity contribution in [3.05, 3.63) is 48.5 Å². The molecule has 112 valence electrons. The van der Waals surface area contributed by atoms with Crippen molar-refractivity contribution in [1.29, 1.82) is 0 Å². The van der Waals surface area contributed by atoms with Crippen LogP contribution in [0.4, 0.5) is 0 Å². The van der Waals surface area contributed by atoms with Crippen molar-refractivity contribution in [3.63, 3.8) is 0 Å². The number of methoxy groups -OCH3 is 2. The SMILES string of the molecule is COc1ccc(PSP(=S)(S)c2ccc(OC)cc2)cc1. The molecule has 7 heteroatoms. The highest BCUT2D eigenvalue weighted by atomic mass is 33.4. The van der Waals surface area contributed by atoms with Gasteiger partial charge < -0.3 is 9.47 Å².